The van der Waals surface area contributed by atoms with E-state index in [-0.39, 0.29) is 23.5 Å². The SMILES string of the molecule is Oc1c(I)cc(I)cc1COc1ccc([SH]2c3ccc(C(F)(F)F)cc3-c3cc(C(F)(F)F)ccc32)cc1. The molecular weight excluding hydrogens is 756 g/mol. The quantitative estimate of drug-likeness (QED) is 0.108. The van der Waals surface area contributed by atoms with Crippen LogP contribution in [0.25, 0.3) is 11.1 Å². The van der Waals surface area contributed by atoms with Gasteiger partial charge in [0, 0.05) is 18.9 Å². The molecule has 11 heteroatoms. The van der Waals surface area contributed by atoms with Gasteiger partial charge in [0.1, 0.15) is 18.1 Å². The first-order valence-corrected chi connectivity index (χ1v) is 14.5. The molecule has 2 nitrogen and oxygen atoms in total. The number of phenolic OH excluding ortho intramolecular Hbond substituents is 1. The smallest absolute Gasteiger partial charge is 0.416 e. The Balaban J connectivity index is 1.50. The lowest BCUT2D eigenvalue weighted by Crippen LogP contribution is -2.05. The van der Waals surface area contributed by atoms with Crippen LogP contribution in [-0.4, -0.2) is 5.11 Å². The maximum atomic E-state index is 13.4. The molecule has 198 valence electrons. The van der Waals surface area contributed by atoms with E-state index in [1.165, 1.54) is 12.1 Å². The van der Waals surface area contributed by atoms with Crippen LogP contribution < -0.4 is 4.74 Å². The second kappa shape index (κ2) is 10.1. The highest BCUT2D eigenvalue weighted by atomic mass is 127. The van der Waals surface area contributed by atoms with Crippen molar-refractivity contribution in [2.75, 3.05) is 0 Å². The molecule has 0 radical (unpaired) electrons. The fraction of sp³-hybridized carbons (Fsp3) is 0.111. The van der Waals surface area contributed by atoms with E-state index >= 15 is 0 Å². The Morgan fingerprint density at radius 1 is 0.711 bits per heavy atom. The number of ether oxygens (including phenoxy) is 1. The summed E-state index contributed by atoms with van der Waals surface area (Å²) in [5.41, 5.74) is -0.871. The Hall–Kier alpha value is -2.13. The van der Waals surface area contributed by atoms with Gasteiger partial charge < -0.3 is 9.84 Å². The number of halogens is 8. The van der Waals surface area contributed by atoms with Gasteiger partial charge in [0.05, 0.1) is 14.7 Å². The normalized spacial score (nSPS) is 13.8. The molecule has 0 amide bonds. The van der Waals surface area contributed by atoms with Gasteiger partial charge in [0.2, 0.25) is 0 Å². The summed E-state index contributed by atoms with van der Waals surface area (Å²) in [5.74, 6) is 0.651. The van der Waals surface area contributed by atoms with Gasteiger partial charge in [-0.05, 0) is 134 Å². The van der Waals surface area contributed by atoms with E-state index in [4.69, 9.17) is 4.74 Å². The van der Waals surface area contributed by atoms with Gasteiger partial charge in [-0.25, -0.2) is 0 Å². The number of fused-ring (bicyclic) bond motifs is 3. The van der Waals surface area contributed by atoms with Gasteiger partial charge >= 0.3 is 12.4 Å². The Labute approximate surface area is 243 Å². The van der Waals surface area contributed by atoms with Gasteiger partial charge in [-0.15, -0.1) is 0 Å². The number of thiol groups is 1. The van der Waals surface area contributed by atoms with Crippen molar-refractivity contribution in [2.45, 2.75) is 33.6 Å². The average Bonchev–Trinajstić information content (AvgIpc) is 3.18. The zero-order valence-electron chi connectivity index (χ0n) is 19.0. The van der Waals surface area contributed by atoms with Crippen LogP contribution in [0.3, 0.4) is 0 Å². The van der Waals surface area contributed by atoms with Crippen LogP contribution in [0.15, 0.2) is 87.5 Å². The summed E-state index contributed by atoms with van der Waals surface area (Å²) in [7, 11) is -1.38. The summed E-state index contributed by atoms with van der Waals surface area (Å²) in [6.07, 6.45) is -9.24. The Morgan fingerprint density at radius 2 is 1.24 bits per heavy atom. The van der Waals surface area contributed by atoms with Crippen molar-refractivity contribution < 1.29 is 36.2 Å². The second-order valence-corrected chi connectivity index (χ2v) is 13.0. The highest BCUT2D eigenvalue weighted by Crippen LogP contribution is 2.63. The van der Waals surface area contributed by atoms with E-state index < -0.39 is 34.4 Å². The van der Waals surface area contributed by atoms with Gasteiger partial charge in [0.15, 0.2) is 0 Å². The van der Waals surface area contributed by atoms with Crippen molar-refractivity contribution in [3.05, 3.63) is 96.6 Å². The molecule has 0 saturated carbocycles. The lowest BCUT2D eigenvalue weighted by atomic mass is 10.0. The number of rotatable bonds is 4. The van der Waals surface area contributed by atoms with Crippen LogP contribution in [0.2, 0.25) is 0 Å². The summed E-state index contributed by atoms with van der Waals surface area (Å²) in [6, 6.07) is 17.1. The van der Waals surface area contributed by atoms with Crippen LogP contribution in [-0.2, 0) is 19.0 Å². The number of hydrogen-bond acceptors (Lipinski definition) is 2. The van der Waals surface area contributed by atoms with E-state index in [0.29, 0.717) is 24.7 Å². The molecule has 38 heavy (non-hydrogen) atoms. The number of benzene rings is 4. The van der Waals surface area contributed by atoms with Gasteiger partial charge in [-0.2, -0.15) is 37.2 Å². The fourth-order valence-corrected chi connectivity index (χ4v) is 8.76. The van der Waals surface area contributed by atoms with Gasteiger partial charge in [-0.1, -0.05) is 0 Å². The molecule has 0 aliphatic carbocycles. The molecule has 1 aliphatic rings. The third kappa shape index (κ3) is 5.33. The lowest BCUT2D eigenvalue weighted by Gasteiger charge is -2.20. The third-order valence-electron chi connectivity index (χ3n) is 6.02. The number of aromatic hydroxyl groups is 1. The van der Waals surface area contributed by atoms with Crippen molar-refractivity contribution >= 4 is 56.1 Å². The third-order valence-corrected chi connectivity index (χ3v) is 10.0. The van der Waals surface area contributed by atoms with Crippen molar-refractivity contribution in [1.29, 1.82) is 0 Å². The van der Waals surface area contributed by atoms with Gasteiger partial charge in [0.25, 0.3) is 0 Å². The predicted molar refractivity (Wildman–Crippen MR) is 150 cm³/mol. The first-order chi connectivity index (χ1) is 17.8. The Kier molecular flexibility index (Phi) is 7.31. The topological polar surface area (TPSA) is 29.5 Å². The molecule has 4 aromatic rings. The summed E-state index contributed by atoms with van der Waals surface area (Å²) in [4.78, 5) is 1.89. The van der Waals surface area contributed by atoms with Crippen molar-refractivity contribution in [2.24, 2.45) is 0 Å². The minimum Gasteiger partial charge on any atom is -0.506 e. The Bertz CT molecular complexity index is 1470. The maximum Gasteiger partial charge on any atom is 0.416 e. The minimum atomic E-state index is -4.62. The molecule has 1 aliphatic heterocycles. The fourth-order valence-electron chi connectivity index (χ4n) is 4.24. The average molecular weight is 772 g/mol. The van der Waals surface area contributed by atoms with E-state index in [0.717, 1.165) is 32.7 Å². The summed E-state index contributed by atoms with van der Waals surface area (Å²) < 4.78 is 88.0. The molecule has 5 rings (SSSR count). The molecule has 0 saturated heterocycles. The number of hydrogen-bond donors (Lipinski definition) is 2. The lowest BCUT2D eigenvalue weighted by molar-refractivity contribution is -0.138. The van der Waals surface area contributed by atoms with Crippen LogP contribution in [0, 0.1) is 7.14 Å². The molecular formula is C27H16F6I2O2S. The highest BCUT2D eigenvalue weighted by Gasteiger charge is 2.37. The maximum absolute atomic E-state index is 13.4. The molecule has 0 bridgehead atoms. The standard InChI is InChI=1S/C27H16F6I2O2S/c28-26(29,30)15-1-7-23-20(10-15)21-11-16(27(31,32)33)2-8-24(21)38(23)19-5-3-18(4-6-19)37-13-14-9-17(34)12-22(35)25(14)36/h1-12,36,38H,13H2. The minimum absolute atomic E-state index is 0.124. The van der Waals surface area contributed by atoms with Crippen LogP contribution in [0.1, 0.15) is 16.7 Å². The van der Waals surface area contributed by atoms with E-state index in [1.807, 2.05) is 34.7 Å². The molecule has 1 heterocycles. The highest BCUT2D eigenvalue weighted by molar-refractivity contribution is 14.1. The molecule has 4 aromatic carbocycles. The van der Waals surface area contributed by atoms with E-state index in [1.54, 1.807) is 24.3 Å². The van der Waals surface area contributed by atoms with Crippen molar-refractivity contribution in [3.63, 3.8) is 0 Å². The summed E-state index contributed by atoms with van der Waals surface area (Å²) >= 11 is 4.18. The first-order valence-electron chi connectivity index (χ1n) is 11.0. The molecule has 0 spiro atoms. The van der Waals surface area contributed by atoms with Crippen LogP contribution in [0.4, 0.5) is 26.3 Å². The zero-order valence-corrected chi connectivity index (χ0v) is 24.2. The summed E-state index contributed by atoms with van der Waals surface area (Å²) in [6.45, 7) is 0.124. The number of phenols is 1. The largest absolute Gasteiger partial charge is 0.506 e. The first kappa shape index (κ1) is 27.4. The van der Waals surface area contributed by atoms with Gasteiger partial charge in [-0.3, -0.25) is 0 Å². The molecule has 0 atom stereocenters. The van der Waals surface area contributed by atoms with Crippen LogP contribution >= 0.6 is 56.1 Å². The number of alkyl halides is 6. The van der Waals surface area contributed by atoms with Crippen molar-refractivity contribution in [1.82, 2.24) is 0 Å². The van der Waals surface area contributed by atoms with E-state index in [2.05, 4.69) is 22.6 Å². The monoisotopic (exact) mass is 772 g/mol. The van der Waals surface area contributed by atoms with Crippen LogP contribution in [0.5, 0.6) is 11.5 Å². The molecule has 0 unspecified atom stereocenters. The Morgan fingerprint density at radius 3 is 1.74 bits per heavy atom. The zero-order chi connectivity index (χ0) is 27.4. The predicted octanol–water partition coefficient (Wildman–Crippen LogP) is 9.68. The summed E-state index contributed by atoms with van der Waals surface area (Å²) in [5, 5.41) is 10.3. The molecule has 0 aromatic heterocycles. The second-order valence-electron chi connectivity index (χ2n) is 8.47. The molecule has 1 N–H and O–H groups in total. The van der Waals surface area contributed by atoms with E-state index in [9.17, 15) is 31.4 Å². The molecule has 0 fully saturated rings. The van der Waals surface area contributed by atoms with Crippen molar-refractivity contribution in [3.8, 4) is 22.6 Å².